The second-order valence-corrected chi connectivity index (χ2v) is 6.64. The number of nitrogens with two attached hydrogens (primary N) is 1. The van der Waals surface area contributed by atoms with Crippen molar-refractivity contribution in [3.63, 3.8) is 0 Å². The minimum atomic E-state index is -0.796. The monoisotopic (exact) mass is 373 g/mol. The molecule has 2 aromatic rings. The topological polar surface area (TPSA) is 99.9 Å². The standard InChI is InChI=1S/C19H23N3O5/c1-11-10-13-15(18(23)22(11)8-7-21(2)3)14(12-6-5-9-26-12)16(17(20)27-13)19(24)25-4/h5-6,9-10,14H,7-8,20H2,1-4H3. The molecular formula is C19H23N3O5. The highest BCUT2D eigenvalue weighted by atomic mass is 16.5. The van der Waals surface area contributed by atoms with Crippen molar-refractivity contribution in [3.05, 3.63) is 63.3 Å². The number of aromatic nitrogens is 1. The molecule has 1 unspecified atom stereocenters. The minimum absolute atomic E-state index is 0.0556. The van der Waals surface area contributed by atoms with Crippen LogP contribution in [-0.2, 0) is 16.1 Å². The van der Waals surface area contributed by atoms with E-state index >= 15 is 0 Å². The van der Waals surface area contributed by atoms with Crippen molar-refractivity contribution in [2.24, 2.45) is 5.73 Å². The first-order valence-corrected chi connectivity index (χ1v) is 8.53. The molecule has 0 bridgehead atoms. The van der Waals surface area contributed by atoms with Crippen molar-refractivity contribution in [1.29, 1.82) is 0 Å². The fourth-order valence-corrected chi connectivity index (χ4v) is 3.21. The Bertz CT molecular complexity index is 941. The third kappa shape index (κ3) is 3.35. The summed E-state index contributed by atoms with van der Waals surface area (Å²) in [5.74, 6) is -0.817. The summed E-state index contributed by atoms with van der Waals surface area (Å²) in [5.41, 5.74) is 6.86. The highest BCUT2D eigenvalue weighted by molar-refractivity contribution is 5.92. The molecule has 27 heavy (non-hydrogen) atoms. The molecular weight excluding hydrogens is 350 g/mol. The van der Waals surface area contributed by atoms with Crippen LogP contribution in [0.5, 0.6) is 5.75 Å². The molecule has 2 N–H and O–H groups in total. The number of rotatable bonds is 5. The molecule has 1 aliphatic heterocycles. The fourth-order valence-electron chi connectivity index (χ4n) is 3.21. The number of carbonyl (C=O) groups is 1. The smallest absolute Gasteiger partial charge is 0.340 e. The van der Waals surface area contributed by atoms with Gasteiger partial charge in [0, 0.05) is 24.8 Å². The van der Waals surface area contributed by atoms with E-state index in [2.05, 4.69) is 0 Å². The Hall–Kier alpha value is -3.00. The van der Waals surface area contributed by atoms with Crippen LogP contribution in [0.25, 0.3) is 0 Å². The van der Waals surface area contributed by atoms with E-state index in [1.54, 1.807) is 22.8 Å². The molecule has 3 rings (SSSR count). The predicted molar refractivity (Wildman–Crippen MR) is 98.4 cm³/mol. The van der Waals surface area contributed by atoms with Crippen molar-refractivity contribution in [2.45, 2.75) is 19.4 Å². The molecule has 8 heteroatoms. The van der Waals surface area contributed by atoms with Crippen LogP contribution in [0.1, 0.15) is 22.9 Å². The van der Waals surface area contributed by atoms with Gasteiger partial charge in [-0.1, -0.05) is 0 Å². The molecule has 0 spiro atoms. The van der Waals surface area contributed by atoms with Gasteiger partial charge in [0.25, 0.3) is 5.56 Å². The van der Waals surface area contributed by atoms with E-state index in [4.69, 9.17) is 19.6 Å². The average Bonchev–Trinajstić information content (AvgIpc) is 3.13. The van der Waals surface area contributed by atoms with Crippen LogP contribution in [0.15, 0.2) is 45.1 Å². The van der Waals surface area contributed by atoms with Crippen LogP contribution in [0.4, 0.5) is 0 Å². The number of esters is 1. The number of ether oxygens (including phenoxy) is 2. The Kier molecular flexibility index (Phi) is 5.09. The van der Waals surface area contributed by atoms with Gasteiger partial charge in [-0.05, 0) is 33.2 Å². The molecule has 0 saturated carbocycles. The molecule has 0 amide bonds. The molecule has 0 radical (unpaired) electrons. The Labute approximate surface area is 156 Å². The summed E-state index contributed by atoms with van der Waals surface area (Å²) in [4.78, 5) is 27.7. The summed E-state index contributed by atoms with van der Waals surface area (Å²) in [6.07, 6.45) is 1.48. The quantitative estimate of drug-likeness (QED) is 0.786. The first-order chi connectivity index (χ1) is 12.8. The highest BCUT2D eigenvalue weighted by Crippen LogP contribution is 2.41. The third-order valence-electron chi connectivity index (χ3n) is 4.57. The number of fused-ring (bicyclic) bond motifs is 1. The minimum Gasteiger partial charge on any atom is -0.468 e. The summed E-state index contributed by atoms with van der Waals surface area (Å²) in [6.45, 7) is 3.02. The van der Waals surface area contributed by atoms with E-state index in [0.717, 1.165) is 5.69 Å². The normalized spacial score (nSPS) is 16.3. The van der Waals surface area contributed by atoms with E-state index in [9.17, 15) is 9.59 Å². The van der Waals surface area contributed by atoms with Gasteiger partial charge in [0.2, 0.25) is 5.88 Å². The van der Waals surface area contributed by atoms with Gasteiger partial charge in [0.05, 0.1) is 24.9 Å². The molecule has 0 saturated heterocycles. The van der Waals surface area contributed by atoms with Gasteiger partial charge in [0.15, 0.2) is 0 Å². The Morgan fingerprint density at radius 3 is 2.74 bits per heavy atom. The second-order valence-electron chi connectivity index (χ2n) is 6.64. The molecule has 144 valence electrons. The van der Waals surface area contributed by atoms with Crippen molar-refractivity contribution >= 4 is 5.97 Å². The largest absolute Gasteiger partial charge is 0.468 e. The van der Waals surface area contributed by atoms with Crippen LogP contribution in [0.2, 0.25) is 0 Å². The molecule has 2 aromatic heterocycles. The summed E-state index contributed by atoms with van der Waals surface area (Å²) in [6, 6.07) is 5.14. The Morgan fingerprint density at radius 2 is 2.15 bits per heavy atom. The molecule has 1 aliphatic rings. The zero-order valence-corrected chi connectivity index (χ0v) is 15.8. The van der Waals surface area contributed by atoms with E-state index in [-0.39, 0.29) is 17.0 Å². The van der Waals surface area contributed by atoms with Crippen LogP contribution in [0, 0.1) is 6.92 Å². The average molecular weight is 373 g/mol. The molecule has 1 atom stereocenters. The maximum atomic E-state index is 13.3. The van der Waals surface area contributed by atoms with Gasteiger partial charge < -0.3 is 29.1 Å². The van der Waals surface area contributed by atoms with Gasteiger partial charge in [0.1, 0.15) is 17.1 Å². The van der Waals surface area contributed by atoms with Crippen LogP contribution < -0.4 is 16.0 Å². The van der Waals surface area contributed by atoms with Gasteiger partial charge in [-0.25, -0.2) is 4.79 Å². The number of pyridine rings is 1. The molecule has 0 aliphatic carbocycles. The van der Waals surface area contributed by atoms with E-state index in [1.165, 1.54) is 13.4 Å². The van der Waals surface area contributed by atoms with Gasteiger partial charge >= 0.3 is 5.97 Å². The number of likely N-dealkylation sites (N-methyl/N-ethyl adjacent to an activating group) is 1. The maximum absolute atomic E-state index is 13.3. The number of nitrogens with zero attached hydrogens (tertiary/aromatic N) is 2. The lowest BCUT2D eigenvalue weighted by Gasteiger charge is -2.27. The fraction of sp³-hybridized carbons (Fsp3) is 0.368. The van der Waals surface area contributed by atoms with Crippen molar-refractivity contribution in [3.8, 4) is 5.75 Å². The van der Waals surface area contributed by atoms with E-state index in [0.29, 0.717) is 30.2 Å². The lowest BCUT2D eigenvalue weighted by Crippen LogP contribution is -2.36. The zero-order valence-electron chi connectivity index (χ0n) is 15.8. The number of hydrogen-bond donors (Lipinski definition) is 1. The van der Waals surface area contributed by atoms with Gasteiger partial charge in [-0.3, -0.25) is 4.79 Å². The molecule has 3 heterocycles. The first kappa shape index (κ1) is 18.8. The Balaban J connectivity index is 2.23. The summed E-state index contributed by atoms with van der Waals surface area (Å²) in [5, 5.41) is 0. The zero-order chi connectivity index (χ0) is 19.7. The highest BCUT2D eigenvalue weighted by Gasteiger charge is 2.39. The lowest BCUT2D eigenvalue weighted by atomic mass is 9.87. The van der Waals surface area contributed by atoms with Gasteiger partial charge in [-0.15, -0.1) is 0 Å². The first-order valence-electron chi connectivity index (χ1n) is 8.53. The van der Waals surface area contributed by atoms with Crippen LogP contribution in [-0.4, -0.2) is 43.2 Å². The van der Waals surface area contributed by atoms with E-state index < -0.39 is 11.9 Å². The van der Waals surface area contributed by atoms with Crippen LogP contribution >= 0.6 is 0 Å². The van der Waals surface area contributed by atoms with Gasteiger partial charge in [-0.2, -0.15) is 0 Å². The number of furan rings is 1. The second kappa shape index (κ2) is 7.32. The van der Waals surface area contributed by atoms with Crippen molar-refractivity contribution in [1.82, 2.24) is 9.47 Å². The number of methoxy groups -OCH3 is 1. The number of carbonyl (C=O) groups excluding carboxylic acids is 1. The molecule has 0 fully saturated rings. The number of hydrogen-bond acceptors (Lipinski definition) is 7. The molecule has 8 nitrogen and oxygen atoms in total. The van der Waals surface area contributed by atoms with Crippen LogP contribution in [0.3, 0.4) is 0 Å². The van der Waals surface area contributed by atoms with Crippen molar-refractivity contribution in [2.75, 3.05) is 27.7 Å². The summed E-state index contributed by atoms with van der Waals surface area (Å²) >= 11 is 0. The van der Waals surface area contributed by atoms with E-state index in [1.807, 2.05) is 25.9 Å². The predicted octanol–water partition coefficient (Wildman–Crippen LogP) is 1.18. The number of aryl methyl sites for hydroxylation is 1. The lowest BCUT2D eigenvalue weighted by molar-refractivity contribution is -0.136. The van der Waals surface area contributed by atoms with Crippen molar-refractivity contribution < 1.29 is 18.7 Å². The molecule has 0 aromatic carbocycles. The summed E-state index contributed by atoms with van der Waals surface area (Å²) in [7, 11) is 5.13. The summed E-state index contributed by atoms with van der Waals surface area (Å²) < 4.78 is 17.7. The SMILES string of the molecule is COC(=O)C1=C(N)Oc2cc(C)n(CCN(C)C)c(=O)c2C1c1ccco1. The maximum Gasteiger partial charge on any atom is 0.340 e. The Morgan fingerprint density at radius 1 is 1.41 bits per heavy atom. The third-order valence-corrected chi connectivity index (χ3v) is 4.57.